The van der Waals surface area contributed by atoms with Crippen LogP contribution in [0.2, 0.25) is 0 Å². The molecule has 2 aromatic rings. The number of carbonyl (C=O) groups is 6. The van der Waals surface area contributed by atoms with Crippen LogP contribution in [0, 0.1) is 22.7 Å². The van der Waals surface area contributed by atoms with E-state index < -0.39 is 59.6 Å². The van der Waals surface area contributed by atoms with Gasteiger partial charge in [-0.2, -0.15) is 0 Å². The standard InChI is InChI=1S/C42H60N6O6/c1-10-17-30(35(50)38(52)44-24-31(49)46-33(39(53)47(8)9)28-20-15-12-16-21-28)45-37(51)34-32-29(42(32,6)7)25-48(34)40(54)36(41(3,4)5)43-23-22-26(2)27-18-13-11-14-19-27/h11-16,18-21,26,29-30,32-34,36,43H,10,17,22-25H2,1-9H3,(H,44,52)(H,45,51)(H,46,49)/t26?,29?,30?,32?,33?,34-,36?/m0/s1. The second-order valence-corrected chi connectivity index (χ2v) is 16.8. The first-order valence-electron chi connectivity index (χ1n) is 19.2. The highest BCUT2D eigenvalue weighted by atomic mass is 16.2. The van der Waals surface area contributed by atoms with E-state index in [2.05, 4.69) is 54.2 Å². The monoisotopic (exact) mass is 744 g/mol. The van der Waals surface area contributed by atoms with Crippen molar-refractivity contribution in [2.24, 2.45) is 22.7 Å². The van der Waals surface area contributed by atoms with E-state index in [1.165, 1.54) is 10.5 Å². The summed E-state index contributed by atoms with van der Waals surface area (Å²) in [6, 6.07) is 15.5. The molecule has 2 fully saturated rings. The quantitative estimate of drug-likeness (QED) is 0.181. The predicted octanol–water partition coefficient (Wildman–Crippen LogP) is 3.58. The van der Waals surface area contributed by atoms with Gasteiger partial charge in [0, 0.05) is 20.6 Å². The molecule has 7 atom stereocenters. The third kappa shape index (κ3) is 9.93. The Morgan fingerprint density at radius 2 is 1.48 bits per heavy atom. The molecule has 0 bridgehead atoms. The number of amides is 5. The molecule has 2 aliphatic rings. The summed E-state index contributed by atoms with van der Waals surface area (Å²) in [6.07, 6.45) is 1.53. The van der Waals surface area contributed by atoms with E-state index in [0.717, 1.165) is 6.42 Å². The Morgan fingerprint density at radius 3 is 2.04 bits per heavy atom. The van der Waals surface area contributed by atoms with Crippen molar-refractivity contribution >= 4 is 35.3 Å². The molecule has 1 aliphatic carbocycles. The van der Waals surface area contributed by atoms with Crippen molar-refractivity contribution in [1.29, 1.82) is 0 Å². The van der Waals surface area contributed by atoms with Crippen LogP contribution in [-0.2, 0) is 28.8 Å². The Bertz CT molecular complexity index is 1660. The van der Waals surface area contributed by atoms with Crippen LogP contribution < -0.4 is 21.3 Å². The van der Waals surface area contributed by atoms with Gasteiger partial charge in [0.1, 0.15) is 12.1 Å². The van der Waals surface area contributed by atoms with Gasteiger partial charge in [-0.05, 0) is 59.1 Å². The molecule has 0 aromatic heterocycles. The lowest BCUT2D eigenvalue weighted by molar-refractivity contribution is -0.145. The molecule has 0 spiro atoms. The number of likely N-dealkylation sites (N-methyl/N-ethyl adjacent to an activating group) is 1. The Balaban J connectivity index is 1.42. The van der Waals surface area contributed by atoms with E-state index in [-0.39, 0.29) is 35.5 Å². The van der Waals surface area contributed by atoms with Crippen molar-refractivity contribution in [3.63, 3.8) is 0 Å². The normalized spacial score (nSPS) is 20.8. The molecular formula is C42H60N6O6. The molecule has 1 saturated heterocycles. The molecule has 4 rings (SSSR count). The van der Waals surface area contributed by atoms with Gasteiger partial charge in [-0.15, -0.1) is 0 Å². The third-order valence-corrected chi connectivity index (χ3v) is 11.1. The highest BCUT2D eigenvalue weighted by Gasteiger charge is 2.69. The molecule has 0 radical (unpaired) electrons. The minimum absolute atomic E-state index is 0.0856. The zero-order valence-electron chi connectivity index (χ0n) is 33.4. The number of nitrogens with zero attached hydrogens (tertiary/aromatic N) is 2. The van der Waals surface area contributed by atoms with Crippen LogP contribution in [-0.4, -0.2) is 97.0 Å². The van der Waals surface area contributed by atoms with Crippen molar-refractivity contribution < 1.29 is 28.8 Å². The lowest BCUT2D eigenvalue weighted by Crippen LogP contribution is -2.60. The minimum Gasteiger partial charge on any atom is -0.347 e. The Hall–Kier alpha value is -4.58. The van der Waals surface area contributed by atoms with Crippen LogP contribution in [0.5, 0.6) is 0 Å². The van der Waals surface area contributed by atoms with Gasteiger partial charge in [-0.3, -0.25) is 28.8 Å². The van der Waals surface area contributed by atoms with Crippen LogP contribution in [0.4, 0.5) is 0 Å². The second kappa shape index (κ2) is 17.7. The van der Waals surface area contributed by atoms with Gasteiger partial charge >= 0.3 is 0 Å². The molecule has 1 saturated carbocycles. The molecule has 294 valence electrons. The summed E-state index contributed by atoms with van der Waals surface area (Å²) in [5, 5.41) is 11.3. The van der Waals surface area contributed by atoms with Crippen molar-refractivity contribution in [3.8, 4) is 0 Å². The van der Waals surface area contributed by atoms with Gasteiger partial charge in [-0.1, -0.05) is 116 Å². The molecule has 6 unspecified atom stereocenters. The molecule has 54 heavy (non-hydrogen) atoms. The summed E-state index contributed by atoms with van der Waals surface area (Å²) in [4.78, 5) is 83.9. The number of hydrogen-bond donors (Lipinski definition) is 4. The summed E-state index contributed by atoms with van der Waals surface area (Å²) in [6.45, 7) is 14.7. The van der Waals surface area contributed by atoms with E-state index in [0.29, 0.717) is 31.0 Å². The number of likely N-dealkylation sites (tertiary alicyclic amines) is 1. The molecule has 12 nitrogen and oxygen atoms in total. The van der Waals surface area contributed by atoms with Crippen LogP contribution in [0.1, 0.15) is 90.8 Å². The summed E-state index contributed by atoms with van der Waals surface area (Å²) in [5.74, 6) is -3.18. The highest BCUT2D eigenvalue weighted by Crippen LogP contribution is 2.65. The molecule has 5 amide bonds. The maximum Gasteiger partial charge on any atom is 0.290 e. The SMILES string of the molecule is CCCC(NC(=O)[C@@H]1C2C(CN1C(=O)C(NCCC(C)c1ccccc1)C(C)(C)C)C2(C)C)C(=O)C(=O)NCC(=O)NC(C(=O)N(C)C)c1ccccc1. The number of piperidine rings is 1. The van der Waals surface area contributed by atoms with Crippen LogP contribution in [0.3, 0.4) is 0 Å². The molecule has 2 aromatic carbocycles. The fraction of sp³-hybridized carbons (Fsp3) is 0.571. The van der Waals surface area contributed by atoms with Gasteiger partial charge in [0.25, 0.3) is 5.91 Å². The fourth-order valence-corrected chi connectivity index (χ4v) is 7.76. The first-order chi connectivity index (χ1) is 25.4. The number of hydrogen-bond acceptors (Lipinski definition) is 7. The zero-order valence-corrected chi connectivity index (χ0v) is 33.4. The summed E-state index contributed by atoms with van der Waals surface area (Å²) in [7, 11) is 3.15. The number of carbonyl (C=O) groups excluding carboxylic acids is 6. The number of ketones is 1. The van der Waals surface area contributed by atoms with Crippen molar-refractivity contribution in [2.75, 3.05) is 33.7 Å². The van der Waals surface area contributed by atoms with Gasteiger partial charge in [0.2, 0.25) is 29.4 Å². The van der Waals surface area contributed by atoms with Crippen LogP contribution in [0.25, 0.3) is 0 Å². The first kappa shape index (κ1) is 42.2. The second-order valence-electron chi connectivity index (χ2n) is 16.8. The number of nitrogens with one attached hydrogen (secondary N) is 4. The van der Waals surface area contributed by atoms with Crippen molar-refractivity contribution in [2.45, 2.75) is 97.8 Å². The Labute approximate surface area is 320 Å². The highest BCUT2D eigenvalue weighted by molar-refractivity contribution is 6.38. The molecule has 1 aliphatic heterocycles. The first-order valence-corrected chi connectivity index (χ1v) is 19.2. The average Bonchev–Trinajstić information content (AvgIpc) is 3.43. The maximum absolute atomic E-state index is 14.4. The lowest BCUT2D eigenvalue weighted by Gasteiger charge is -2.38. The maximum atomic E-state index is 14.4. The predicted molar refractivity (Wildman–Crippen MR) is 208 cm³/mol. The van der Waals surface area contributed by atoms with Gasteiger partial charge in [-0.25, -0.2) is 0 Å². The number of fused-ring (bicyclic) bond motifs is 1. The smallest absolute Gasteiger partial charge is 0.290 e. The molecule has 12 heteroatoms. The van der Waals surface area contributed by atoms with Gasteiger partial charge in [0.15, 0.2) is 0 Å². The van der Waals surface area contributed by atoms with E-state index in [1.807, 2.05) is 45.9 Å². The number of benzene rings is 2. The summed E-state index contributed by atoms with van der Waals surface area (Å²) < 4.78 is 0. The molecular weight excluding hydrogens is 684 g/mol. The van der Waals surface area contributed by atoms with Gasteiger partial charge in [0.05, 0.1) is 18.6 Å². The number of rotatable bonds is 17. The van der Waals surface area contributed by atoms with E-state index in [9.17, 15) is 28.8 Å². The zero-order chi connectivity index (χ0) is 40.0. The Morgan fingerprint density at radius 1 is 0.889 bits per heavy atom. The van der Waals surface area contributed by atoms with Crippen molar-refractivity contribution in [1.82, 2.24) is 31.1 Å². The van der Waals surface area contributed by atoms with Crippen molar-refractivity contribution in [3.05, 3.63) is 71.8 Å². The molecule has 4 N–H and O–H groups in total. The van der Waals surface area contributed by atoms with Crippen LogP contribution >= 0.6 is 0 Å². The number of Topliss-reactive ketones (excluding diaryl/α,β-unsaturated/α-hetero) is 1. The van der Waals surface area contributed by atoms with E-state index in [1.54, 1.807) is 49.3 Å². The van der Waals surface area contributed by atoms with Crippen LogP contribution in [0.15, 0.2) is 60.7 Å². The average molecular weight is 745 g/mol. The molecule has 1 heterocycles. The summed E-state index contributed by atoms with van der Waals surface area (Å²) >= 11 is 0. The minimum atomic E-state index is -1.15. The van der Waals surface area contributed by atoms with E-state index in [4.69, 9.17) is 0 Å². The van der Waals surface area contributed by atoms with Gasteiger partial charge < -0.3 is 31.1 Å². The fourth-order valence-electron chi connectivity index (χ4n) is 7.76. The van der Waals surface area contributed by atoms with E-state index >= 15 is 0 Å². The Kier molecular flexibility index (Phi) is 13.8. The topological polar surface area (TPSA) is 157 Å². The summed E-state index contributed by atoms with van der Waals surface area (Å²) in [5.41, 5.74) is 1.20. The lowest BCUT2D eigenvalue weighted by atomic mass is 9.85. The third-order valence-electron chi connectivity index (χ3n) is 11.1. The largest absolute Gasteiger partial charge is 0.347 e.